The number of aromatic nitrogens is 1. The SMILES string of the molecule is CCOC(=O)c1cnc2c(c1)OCCN2C(=O)OC(C)(C)C. The van der Waals surface area contributed by atoms with Gasteiger partial charge in [-0.15, -0.1) is 0 Å². The summed E-state index contributed by atoms with van der Waals surface area (Å²) in [5, 5.41) is 0. The van der Waals surface area contributed by atoms with Crippen LogP contribution in [0.25, 0.3) is 0 Å². The molecule has 0 fully saturated rings. The van der Waals surface area contributed by atoms with Crippen molar-refractivity contribution in [2.24, 2.45) is 0 Å². The van der Waals surface area contributed by atoms with Crippen LogP contribution in [0.2, 0.25) is 0 Å². The molecule has 120 valence electrons. The van der Waals surface area contributed by atoms with Gasteiger partial charge in [-0.1, -0.05) is 0 Å². The van der Waals surface area contributed by atoms with Gasteiger partial charge in [0.05, 0.1) is 18.7 Å². The zero-order valence-electron chi connectivity index (χ0n) is 13.2. The highest BCUT2D eigenvalue weighted by molar-refractivity contribution is 5.92. The van der Waals surface area contributed by atoms with Crippen molar-refractivity contribution in [3.05, 3.63) is 17.8 Å². The van der Waals surface area contributed by atoms with Crippen molar-refractivity contribution in [1.29, 1.82) is 0 Å². The van der Waals surface area contributed by atoms with Gasteiger partial charge in [0, 0.05) is 12.3 Å². The molecule has 2 heterocycles. The Bertz CT molecular complexity index is 580. The molecule has 0 aliphatic carbocycles. The molecular weight excluding hydrogens is 288 g/mol. The number of carbonyl (C=O) groups excluding carboxylic acids is 2. The molecule has 1 aliphatic heterocycles. The first-order valence-electron chi connectivity index (χ1n) is 7.12. The molecule has 7 heteroatoms. The third-order valence-corrected chi connectivity index (χ3v) is 2.79. The number of fused-ring (bicyclic) bond motifs is 1. The summed E-state index contributed by atoms with van der Waals surface area (Å²) in [6, 6.07) is 1.52. The lowest BCUT2D eigenvalue weighted by Gasteiger charge is -2.30. The van der Waals surface area contributed by atoms with E-state index in [1.807, 2.05) is 0 Å². The standard InChI is InChI=1S/C15H20N2O5/c1-5-20-13(18)10-8-11-12(16-9-10)17(6-7-21-11)14(19)22-15(2,3)4/h8-9H,5-7H2,1-4H3. The average molecular weight is 308 g/mol. The lowest BCUT2D eigenvalue weighted by molar-refractivity contribution is 0.0525. The molecule has 2 rings (SSSR count). The first-order valence-corrected chi connectivity index (χ1v) is 7.12. The van der Waals surface area contributed by atoms with Crippen LogP contribution in [0.3, 0.4) is 0 Å². The Morgan fingerprint density at radius 2 is 2.14 bits per heavy atom. The molecule has 1 amide bonds. The molecule has 1 aromatic rings. The summed E-state index contributed by atoms with van der Waals surface area (Å²) in [5.74, 6) is 0.229. The molecule has 0 N–H and O–H groups in total. The van der Waals surface area contributed by atoms with E-state index in [2.05, 4.69) is 4.98 Å². The van der Waals surface area contributed by atoms with Crippen LogP contribution >= 0.6 is 0 Å². The van der Waals surface area contributed by atoms with Gasteiger partial charge in [-0.2, -0.15) is 0 Å². The second-order valence-corrected chi connectivity index (χ2v) is 5.75. The Hall–Kier alpha value is -2.31. The number of ether oxygens (including phenoxy) is 3. The number of hydrogen-bond acceptors (Lipinski definition) is 6. The molecule has 0 saturated heterocycles. The maximum absolute atomic E-state index is 12.2. The Labute approximate surface area is 129 Å². The summed E-state index contributed by atoms with van der Waals surface area (Å²) >= 11 is 0. The largest absolute Gasteiger partial charge is 0.488 e. The van der Waals surface area contributed by atoms with E-state index in [0.717, 1.165) is 0 Å². The second kappa shape index (κ2) is 6.21. The number of esters is 1. The molecule has 22 heavy (non-hydrogen) atoms. The van der Waals surface area contributed by atoms with Crippen LogP contribution in [-0.4, -0.2) is 42.4 Å². The van der Waals surface area contributed by atoms with Crippen molar-refractivity contribution in [2.75, 3.05) is 24.7 Å². The molecule has 1 aliphatic rings. The van der Waals surface area contributed by atoms with Crippen molar-refractivity contribution < 1.29 is 23.8 Å². The van der Waals surface area contributed by atoms with Gasteiger partial charge in [-0.25, -0.2) is 14.6 Å². The first-order chi connectivity index (χ1) is 10.3. The summed E-state index contributed by atoms with van der Waals surface area (Å²) in [4.78, 5) is 29.5. The number of rotatable bonds is 2. The van der Waals surface area contributed by atoms with Gasteiger partial charge in [0.1, 0.15) is 12.2 Å². The predicted octanol–water partition coefficient (Wildman–Crippen LogP) is 2.39. The van der Waals surface area contributed by atoms with E-state index >= 15 is 0 Å². The average Bonchev–Trinajstić information content (AvgIpc) is 2.44. The van der Waals surface area contributed by atoms with Crippen LogP contribution in [0.5, 0.6) is 5.75 Å². The summed E-state index contributed by atoms with van der Waals surface area (Å²) in [6.07, 6.45) is 0.872. The van der Waals surface area contributed by atoms with E-state index in [-0.39, 0.29) is 12.2 Å². The quantitative estimate of drug-likeness (QED) is 0.781. The lowest BCUT2D eigenvalue weighted by Crippen LogP contribution is -2.42. The van der Waals surface area contributed by atoms with E-state index in [1.165, 1.54) is 17.2 Å². The van der Waals surface area contributed by atoms with E-state index in [9.17, 15) is 9.59 Å². The maximum Gasteiger partial charge on any atom is 0.416 e. The highest BCUT2D eigenvalue weighted by atomic mass is 16.6. The van der Waals surface area contributed by atoms with Crippen molar-refractivity contribution >= 4 is 17.9 Å². The topological polar surface area (TPSA) is 78.0 Å². The van der Waals surface area contributed by atoms with Crippen molar-refractivity contribution in [3.63, 3.8) is 0 Å². The summed E-state index contributed by atoms with van der Waals surface area (Å²) < 4.78 is 15.8. The van der Waals surface area contributed by atoms with Crippen LogP contribution in [0.4, 0.5) is 10.6 Å². The summed E-state index contributed by atoms with van der Waals surface area (Å²) in [6.45, 7) is 8.04. The third-order valence-electron chi connectivity index (χ3n) is 2.79. The number of nitrogens with zero attached hydrogens (tertiary/aromatic N) is 2. The van der Waals surface area contributed by atoms with Crippen molar-refractivity contribution in [1.82, 2.24) is 4.98 Å². The number of amides is 1. The highest BCUT2D eigenvalue weighted by Crippen LogP contribution is 2.31. The van der Waals surface area contributed by atoms with Gasteiger partial charge in [-0.05, 0) is 27.7 Å². The minimum Gasteiger partial charge on any atom is -0.488 e. The third kappa shape index (κ3) is 3.66. The molecule has 0 saturated carbocycles. The van der Waals surface area contributed by atoms with E-state index in [4.69, 9.17) is 14.2 Å². The van der Waals surface area contributed by atoms with Crippen LogP contribution in [0, 0.1) is 0 Å². The van der Waals surface area contributed by atoms with Crippen molar-refractivity contribution in [2.45, 2.75) is 33.3 Å². The molecule has 0 atom stereocenters. The van der Waals surface area contributed by atoms with Gasteiger partial charge in [0.15, 0.2) is 11.6 Å². The Morgan fingerprint density at radius 3 is 2.77 bits per heavy atom. The van der Waals surface area contributed by atoms with Crippen LogP contribution < -0.4 is 9.64 Å². The number of hydrogen-bond donors (Lipinski definition) is 0. The molecule has 0 unspecified atom stereocenters. The fourth-order valence-electron chi connectivity index (χ4n) is 1.92. The normalized spacial score (nSPS) is 13.9. The fraction of sp³-hybridized carbons (Fsp3) is 0.533. The molecule has 1 aromatic heterocycles. The smallest absolute Gasteiger partial charge is 0.416 e. The minimum absolute atomic E-state index is 0.279. The van der Waals surface area contributed by atoms with Crippen molar-refractivity contribution in [3.8, 4) is 5.75 Å². The monoisotopic (exact) mass is 308 g/mol. The zero-order valence-corrected chi connectivity index (χ0v) is 13.2. The second-order valence-electron chi connectivity index (χ2n) is 5.75. The van der Waals surface area contributed by atoms with E-state index in [0.29, 0.717) is 24.7 Å². The van der Waals surface area contributed by atoms with Crippen LogP contribution in [0.1, 0.15) is 38.1 Å². The minimum atomic E-state index is -0.597. The van der Waals surface area contributed by atoms with Gasteiger partial charge >= 0.3 is 12.1 Å². The lowest BCUT2D eigenvalue weighted by atomic mass is 10.2. The van der Waals surface area contributed by atoms with Crippen LogP contribution in [-0.2, 0) is 9.47 Å². The van der Waals surface area contributed by atoms with E-state index < -0.39 is 17.7 Å². The van der Waals surface area contributed by atoms with Gasteiger partial charge in [0.25, 0.3) is 0 Å². The Morgan fingerprint density at radius 1 is 1.41 bits per heavy atom. The fourth-order valence-corrected chi connectivity index (χ4v) is 1.92. The van der Waals surface area contributed by atoms with Gasteiger partial charge in [0.2, 0.25) is 0 Å². The predicted molar refractivity (Wildman–Crippen MR) is 79.3 cm³/mol. The molecule has 0 aromatic carbocycles. The number of pyridine rings is 1. The number of anilines is 1. The zero-order chi connectivity index (χ0) is 16.3. The molecule has 0 radical (unpaired) electrons. The van der Waals surface area contributed by atoms with Gasteiger partial charge in [-0.3, -0.25) is 4.90 Å². The van der Waals surface area contributed by atoms with Crippen LogP contribution in [0.15, 0.2) is 12.3 Å². The molecule has 0 bridgehead atoms. The first kappa shape index (κ1) is 16.1. The highest BCUT2D eigenvalue weighted by Gasteiger charge is 2.30. The van der Waals surface area contributed by atoms with E-state index in [1.54, 1.807) is 27.7 Å². The summed E-state index contributed by atoms with van der Waals surface area (Å²) in [7, 11) is 0. The number of carbonyl (C=O) groups is 2. The Balaban J connectivity index is 2.24. The maximum atomic E-state index is 12.2. The summed E-state index contributed by atoms with van der Waals surface area (Å²) in [5.41, 5.74) is -0.313. The molecule has 0 spiro atoms. The molecular formula is C15H20N2O5. The van der Waals surface area contributed by atoms with Gasteiger partial charge < -0.3 is 14.2 Å². The molecule has 7 nitrogen and oxygen atoms in total. The Kier molecular flexibility index (Phi) is 4.54.